The van der Waals surface area contributed by atoms with Crippen LogP contribution in [0.2, 0.25) is 0 Å². The van der Waals surface area contributed by atoms with E-state index >= 15 is 0 Å². The molecule has 0 bridgehead atoms. The van der Waals surface area contributed by atoms with Gasteiger partial charge in [0.15, 0.2) is 5.41 Å². The topological polar surface area (TPSA) is 95.2 Å². The van der Waals surface area contributed by atoms with Crippen LogP contribution in [0.5, 0.6) is 0 Å². The van der Waals surface area contributed by atoms with E-state index in [9.17, 15) is 0 Å². The zero-order valence-electron chi connectivity index (χ0n) is 7.10. The number of allylic oxidation sites excluding steroid dienone is 4. The summed E-state index contributed by atoms with van der Waals surface area (Å²) < 4.78 is 0. The van der Waals surface area contributed by atoms with Gasteiger partial charge in [0.25, 0.3) is 0 Å². The largest absolute Gasteiger partial charge is 0.198 e. The molecule has 1 aliphatic rings. The highest BCUT2D eigenvalue weighted by Gasteiger charge is 2.38. The summed E-state index contributed by atoms with van der Waals surface area (Å²) in [7, 11) is 0. The molecule has 0 fully saturated rings. The van der Waals surface area contributed by atoms with Crippen molar-refractivity contribution in [1.29, 1.82) is 21.0 Å². The smallest absolute Gasteiger partial charge is 0.182 e. The third-order valence-corrected chi connectivity index (χ3v) is 1.98. The maximum atomic E-state index is 8.84. The summed E-state index contributed by atoms with van der Waals surface area (Å²) in [4.78, 5) is 0. The first-order valence-electron chi connectivity index (χ1n) is 3.75. The Morgan fingerprint density at radius 1 is 1.14 bits per heavy atom. The predicted molar refractivity (Wildman–Crippen MR) is 45.6 cm³/mol. The van der Waals surface area contributed by atoms with Crippen molar-refractivity contribution in [2.24, 2.45) is 11.3 Å². The molecule has 0 N–H and O–H groups in total. The zero-order chi connectivity index (χ0) is 10.6. The van der Waals surface area contributed by atoms with Crippen molar-refractivity contribution in [1.82, 2.24) is 0 Å². The molecular weight excluding hydrogens is 176 g/mol. The van der Waals surface area contributed by atoms with Gasteiger partial charge in [-0.3, -0.25) is 0 Å². The summed E-state index contributed by atoms with van der Waals surface area (Å²) in [6.07, 6.45) is 4.09. The highest BCUT2D eigenvalue weighted by atomic mass is 14.5. The van der Waals surface area contributed by atoms with E-state index in [1.807, 2.05) is 12.1 Å². The second-order valence-corrected chi connectivity index (χ2v) is 2.77. The van der Waals surface area contributed by atoms with Gasteiger partial charge < -0.3 is 0 Å². The Hall–Kier alpha value is -2.56. The zero-order valence-corrected chi connectivity index (χ0v) is 7.10. The van der Waals surface area contributed by atoms with Gasteiger partial charge in [0, 0.05) is 0 Å². The second kappa shape index (κ2) is 3.44. The standard InChI is InChI=1S/C10H4N4/c11-4-8-1-2-9(5-12)10(3-8,6-13)7-14/h1-3,9H. The Labute approximate surface area is 81.2 Å². The van der Waals surface area contributed by atoms with Crippen molar-refractivity contribution in [2.45, 2.75) is 0 Å². The van der Waals surface area contributed by atoms with Gasteiger partial charge in [0.2, 0.25) is 0 Å². The lowest BCUT2D eigenvalue weighted by atomic mass is 9.74. The van der Waals surface area contributed by atoms with Crippen LogP contribution in [-0.2, 0) is 0 Å². The first-order chi connectivity index (χ1) is 6.72. The first kappa shape index (κ1) is 9.53. The molecule has 0 aromatic heterocycles. The predicted octanol–water partition coefficient (Wildman–Crippen LogP) is 1.18. The van der Waals surface area contributed by atoms with E-state index in [0.717, 1.165) is 0 Å². The number of nitrogens with zero attached hydrogens (tertiary/aromatic N) is 4. The van der Waals surface area contributed by atoms with E-state index in [2.05, 4.69) is 0 Å². The molecule has 14 heavy (non-hydrogen) atoms. The van der Waals surface area contributed by atoms with Crippen molar-refractivity contribution < 1.29 is 0 Å². The minimum absolute atomic E-state index is 0.236. The van der Waals surface area contributed by atoms with Crippen LogP contribution in [0.25, 0.3) is 0 Å². The summed E-state index contributed by atoms with van der Waals surface area (Å²) in [5.74, 6) is -0.811. The number of hydrogen-bond donors (Lipinski definition) is 0. The lowest BCUT2D eigenvalue weighted by molar-refractivity contribution is 0.556. The molecule has 64 valence electrons. The van der Waals surface area contributed by atoms with Crippen LogP contribution < -0.4 is 0 Å². The lowest BCUT2D eigenvalue weighted by Gasteiger charge is -2.20. The molecule has 0 saturated carbocycles. The molecule has 4 heteroatoms. The molecule has 0 saturated heterocycles. The number of rotatable bonds is 0. The van der Waals surface area contributed by atoms with Gasteiger partial charge in [-0.2, -0.15) is 21.0 Å². The van der Waals surface area contributed by atoms with Crippen molar-refractivity contribution in [3.05, 3.63) is 23.8 Å². The fourth-order valence-electron chi connectivity index (χ4n) is 1.18. The van der Waals surface area contributed by atoms with Gasteiger partial charge in [-0.1, -0.05) is 6.08 Å². The lowest BCUT2D eigenvalue weighted by Crippen LogP contribution is -2.25. The second-order valence-electron chi connectivity index (χ2n) is 2.77. The van der Waals surface area contributed by atoms with Crippen molar-refractivity contribution in [3.63, 3.8) is 0 Å². The molecule has 0 aliphatic heterocycles. The van der Waals surface area contributed by atoms with E-state index in [-0.39, 0.29) is 5.57 Å². The normalized spacial score (nSPS) is 22.0. The molecule has 1 atom stereocenters. The molecule has 4 nitrogen and oxygen atoms in total. The Kier molecular flexibility index (Phi) is 2.34. The van der Waals surface area contributed by atoms with Crippen LogP contribution in [0.4, 0.5) is 0 Å². The van der Waals surface area contributed by atoms with Crippen molar-refractivity contribution in [3.8, 4) is 24.3 Å². The summed E-state index contributed by atoms with van der Waals surface area (Å²) in [6, 6.07) is 7.23. The Morgan fingerprint density at radius 3 is 2.21 bits per heavy atom. The fraction of sp³-hybridized carbons (Fsp3) is 0.200. The summed E-state index contributed by atoms with van der Waals surface area (Å²) in [5, 5.41) is 35.0. The SMILES string of the molecule is N#CC1=CC(C#N)(C#N)C(C#N)C=C1. The fourth-order valence-corrected chi connectivity index (χ4v) is 1.18. The van der Waals surface area contributed by atoms with Gasteiger partial charge in [-0.05, 0) is 12.2 Å². The average Bonchev–Trinajstić information content (AvgIpc) is 2.27. The van der Waals surface area contributed by atoms with E-state index in [0.29, 0.717) is 0 Å². The van der Waals surface area contributed by atoms with Gasteiger partial charge in [0.1, 0.15) is 5.92 Å². The maximum Gasteiger partial charge on any atom is 0.182 e. The highest BCUT2D eigenvalue weighted by molar-refractivity contribution is 5.47. The van der Waals surface area contributed by atoms with E-state index in [1.165, 1.54) is 18.2 Å². The molecule has 0 heterocycles. The molecule has 0 spiro atoms. The van der Waals surface area contributed by atoms with Crippen LogP contribution in [0.15, 0.2) is 23.8 Å². The molecular formula is C10H4N4. The van der Waals surface area contributed by atoms with E-state index < -0.39 is 11.3 Å². The summed E-state index contributed by atoms with van der Waals surface area (Å²) >= 11 is 0. The van der Waals surface area contributed by atoms with Crippen LogP contribution in [0, 0.1) is 56.7 Å². The third-order valence-electron chi connectivity index (χ3n) is 1.98. The Bertz CT molecular complexity index is 456. The summed E-state index contributed by atoms with van der Waals surface area (Å²) in [6.45, 7) is 0. The van der Waals surface area contributed by atoms with Crippen LogP contribution in [0.1, 0.15) is 0 Å². The third kappa shape index (κ3) is 1.22. The number of hydrogen-bond acceptors (Lipinski definition) is 4. The number of nitriles is 4. The monoisotopic (exact) mass is 180 g/mol. The molecule has 1 unspecified atom stereocenters. The van der Waals surface area contributed by atoms with Crippen molar-refractivity contribution >= 4 is 0 Å². The maximum absolute atomic E-state index is 8.84. The van der Waals surface area contributed by atoms with Gasteiger partial charge in [0.05, 0.1) is 29.8 Å². The first-order valence-corrected chi connectivity index (χ1v) is 3.75. The molecule has 1 aliphatic carbocycles. The van der Waals surface area contributed by atoms with Gasteiger partial charge in [-0.25, -0.2) is 0 Å². The molecule has 0 aromatic carbocycles. The van der Waals surface area contributed by atoms with Gasteiger partial charge >= 0.3 is 0 Å². The summed E-state index contributed by atoms with van der Waals surface area (Å²) in [5.41, 5.74) is -1.28. The quantitative estimate of drug-likeness (QED) is 0.559. The van der Waals surface area contributed by atoms with Crippen LogP contribution in [0.3, 0.4) is 0 Å². The van der Waals surface area contributed by atoms with Crippen LogP contribution >= 0.6 is 0 Å². The Morgan fingerprint density at radius 2 is 1.79 bits per heavy atom. The van der Waals surface area contributed by atoms with Crippen LogP contribution in [-0.4, -0.2) is 0 Å². The average molecular weight is 180 g/mol. The van der Waals surface area contributed by atoms with E-state index in [4.69, 9.17) is 21.0 Å². The Balaban J connectivity index is 3.31. The van der Waals surface area contributed by atoms with Gasteiger partial charge in [-0.15, -0.1) is 0 Å². The molecule has 0 amide bonds. The molecule has 0 radical (unpaired) electrons. The highest BCUT2D eigenvalue weighted by Crippen LogP contribution is 2.33. The minimum Gasteiger partial charge on any atom is -0.198 e. The minimum atomic E-state index is -1.52. The molecule has 1 rings (SSSR count). The van der Waals surface area contributed by atoms with Crippen molar-refractivity contribution in [2.75, 3.05) is 0 Å². The molecule has 0 aromatic rings. The van der Waals surface area contributed by atoms with E-state index in [1.54, 1.807) is 12.1 Å².